The van der Waals surface area contributed by atoms with E-state index in [9.17, 15) is 44.1 Å². The third-order valence-electron chi connectivity index (χ3n) is 13.9. The van der Waals surface area contributed by atoms with E-state index in [0.717, 1.165) is 10.5 Å². The molecule has 20 nitrogen and oxygen atoms in total. The molecule has 69 heavy (non-hydrogen) atoms. The largest absolute Gasteiger partial charge is 0.508 e. The number of rotatable bonds is 12. The maximum absolute atomic E-state index is 14.4. The fourth-order valence-corrected chi connectivity index (χ4v) is 9.84. The molecule has 4 aliphatic heterocycles. The van der Waals surface area contributed by atoms with Gasteiger partial charge in [0.2, 0.25) is 12.4 Å². The molecule has 3 amide bonds. The number of benzene rings is 2. The minimum atomic E-state index is -1.68. The number of fused-ring (bicyclic) bond motifs is 3. The summed E-state index contributed by atoms with van der Waals surface area (Å²) >= 11 is 0. The van der Waals surface area contributed by atoms with Crippen LogP contribution in [0.4, 0.5) is 9.59 Å². The van der Waals surface area contributed by atoms with E-state index in [4.69, 9.17) is 42.6 Å². The molecule has 0 aromatic heterocycles. The number of carbonyl (C=O) groups excluding carboxylic acids is 6. The van der Waals surface area contributed by atoms with Crippen LogP contribution in [0.3, 0.4) is 0 Å². The van der Waals surface area contributed by atoms with Crippen LogP contribution in [0.25, 0.3) is 10.8 Å². The number of amides is 3. The normalized spacial score (nSPS) is 33.1. The molecule has 0 radical (unpaired) electrons. The Morgan fingerprint density at radius 1 is 1.00 bits per heavy atom. The number of aliphatic hydroxyl groups is 2. The summed E-state index contributed by atoms with van der Waals surface area (Å²) in [6.07, 6.45) is -5.68. The number of aromatic hydroxyl groups is 1. The summed E-state index contributed by atoms with van der Waals surface area (Å²) in [5.41, 5.74) is -0.298. The van der Waals surface area contributed by atoms with Gasteiger partial charge in [-0.2, -0.15) is 0 Å². The summed E-state index contributed by atoms with van der Waals surface area (Å²) in [5.74, 6) is 8.86. The van der Waals surface area contributed by atoms with Gasteiger partial charge in [0.05, 0.1) is 19.1 Å². The Bertz CT molecular complexity index is 2630. The molecular weight excluding hydrogens is 905 g/mol. The highest BCUT2D eigenvalue weighted by Crippen LogP contribution is 2.45. The maximum atomic E-state index is 14.4. The summed E-state index contributed by atoms with van der Waals surface area (Å²) in [6.45, 7) is 2.68. The standard InChI is InChI=1S/C49H50N2O18/c1-24-18-29(61-4)20-32-30(24)12-13-33(52)39(32)45(58)66-34-19-28-16-17-49(36-22-62-48(60)67-36)35(69-49)7-5-6-31(28)43(34)68-46-40(42(56)41(55)25(2)65-46)50(3)47(59)64-23-63-44(57)27-10-8-26(9-11-27)21-51-37(53)14-15-38(51)54/h12-15,18-20,25-27,31,34-36,40-43,46,52,55-56H,6,8-11,21-23H2,1-4H3/t25-,26?,27?,31?,34-,35-,36?,40?,41+,42-,43-,46-,49+/m1/s1. The lowest BCUT2D eigenvalue weighted by atomic mass is 9.82. The molecule has 0 bridgehead atoms. The number of carbonyl (C=O) groups is 6. The van der Waals surface area contributed by atoms with Crippen molar-refractivity contribution < 1.29 is 86.7 Å². The topological polar surface area (TPSA) is 256 Å². The van der Waals surface area contributed by atoms with Crippen LogP contribution < -0.4 is 4.74 Å². The number of cyclic esters (lactones) is 2. The number of esters is 2. The Kier molecular flexibility index (Phi) is 13.1. The van der Waals surface area contributed by atoms with Crippen molar-refractivity contribution in [2.24, 2.45) is 17.8 Å². The Labute approximate surface area is 395 Å². The van der Waals surface area contributed by atoms with Gasteiger partial charge in [0.1, 0.15) is 54.1 Å². The third-order valence-corrected chi connectivity index (χ3v) is 13.9. The fourth-order valence-electron chi connectivity index (χ4n) is 9.84. The van der Waals surface area contributed by atoms with Crippen molar-refractivity contribution in [2.75, 3.05) is 34.1 Å². The van der Waals surface area contributed by atoms with Crippen molar-refractivity contribution in [3.05, 3.63) is 59.2 Å². The molecule has 3 saturated heterocycles. The molecule has 0 spiro atoms. The highest BCUT2D eigenvalue weighted by Gasteiger charge is 2.65. The average molecular weight is 955 g/mol. The van der Waals surface area contributed by atoms with Crippen LogP contribution in [-0.4, -0.2) is 156 Å². The second kappa shape index (κ2) is 19.0. The molecular formula is C49H50N2O18. The molecule has 364 valence electrons. The summed E-state index contributed by atoms with van der Waals surface area (Å²) in [6, 6.07) is 4.96. The Hall–Kier alpha value is -6.68. The molecule has 3 aliphatic carbocycles. The zero-order chi connectivity index (χ0) is 48.9. The number of imide groups is 1. The summed E-state index contributed by atoms with van der Waals surface area (Å²) in [4.78, 5) is 79.1. The molecule has 2 aromatic rings. The molecule has 4 fully saturated rings. The van der Waals surface area contributed by atoms with Gasteiger partial charge in [-0.3, -0.25) is 19.3 Å². The highest BCUT2D eigenvalue weighted by molar-refractivity contribution is 6.13. The van der Waals surface area contributed by atoms with Crippen molar-refractivity contribution in [1.82, 2.24) is 9.80 Å². The Morgan fingerprint density at radius 2 is 1.75 bits per heavy atom. The second-order valence-corrected chi connectivity index (χ2v) is 18.1. The molecule has 20 heteroatoms. The molecule has 11 atom stereocenters. The Balaban J connectivity index is 0.932. The van der Waals surface area contributed by atoms with Gasteiger partial charge in [0.15, 0.2) is 18.5 Å². The Morgan fingerprint density at radius 3 is 2.46 bits per heavy atom. The van der Waals surface area contributed by atoms with Crippen LogP contribution >= 0.6 is 0 Å². The first-order valence-electron chi connectivity index (χ1n) is 22.6. The molecule has 3 unspecified atom stereocenters. The van der Waals surface area contributed by atoms with Crippen LogP contribution in [0.2, 0.25) is 0 Å². The number of epoxide rings is 1. The van der Waals surface area contributed by atoms with Crippen molar-refractivity contribution in [2.45, 2.75) is 107 Å². The fraction of sp³-hybridized carbons (Fsp3) is 0.510. The van der Waals surface area contributed by atoms with Gasteiger partial charge in [-0.05, 0) is 80.7 Å². The molecule has 2 aromatic carbocycles. The number of ether oxygens (including phenoxy) is 9. The van der Waals surface area contributed by atoms with Crippen LogP contribution in [-0.2, 0) is 52.3 Å². The molecule has 3 N–H and O–H groups in total. The van der Waals surface area contributed by atoms with E-state index < -0.39 is 103 Å². The predicted molar refractivity (Wildman–Crippen MR) is 233 cm³/mol. The number of likely N-dealkylation sites (N-methyl/N-ethyl adjacent to an activating group) is 1. The lowest BCUT2D eigenvalue weighted by Crippen LogP contribution is -2.64. The second-order valence-electron chi connectivity index (χ2n) is 18.1. The minimum Gasteiger partial charge on any atom is -0.507 e. The lowest BCUT2D eigenvalue weighted by Gasteiger charge is -2.46. The van der Waals surface area contributed by atoms with E-state index in [0.29, 0.717) is 47.8 Å². The van der Waals surface area contributed by atoms with E-state index in [1.54, 1.807) is 24.3 Å². The third kappa shape index (κ3) is 9.18. The number of hydrogen-bond acceptors (Lipinski definition) is 18. The first-order chi connectivity index (χ1) is 33.1. The first-order valence-corrected chi connectivity index (χ1v) is 22.6. The van der Waals surface area contributed by atoms with E-state index in [1.165, 1.54) is 44.2 Å². The number of phenols is 1. The zero-order valence-corrected chi connectivity index (χ0v) is 38.0. The monoisotopic (exact) mass is 954 g/mol. The zero-order valence-electron chi connectivity index (χ0n) is 38.0. The summed E-state index contributed by atoms with van der Waals surface area (Å²) in [7, 11) is 2.74. The number of aryl methyl sites for hydroxylation is 1. The molecule has 1 saturated carbocycles. The van der Waals surface area contributed by atoms with E-state index >= 15 is 0 Å². The van der Waals surface area contributed by atoms with E-state index in [-0.39, 0.29) is 48.6 Å². The molecule has 9 rings (SSSR count). The van der Waals surface area contributed by atoms with Crippen LogP contribution in [0, 0.1) is 48.4 Å². The quantitative estimate of drug-likeness (QED) is 0.0690. The van der Waals surface area contributed by atoms with Crippen molar-refractivity contribution in [3.63, 3.8) is 0 Å². The van der Waals surface area contributed by atoms with Gasteiger partial charge in [-0.1, -0.05) is 29.7 Å². The predicted octanol–water partition coefficient (Wildman–Crippen LogP) is 2.55. The van der Waals surface area contributed by atoms with Gasteiger partial charge < -0.3 is 62.9 Å². The van der Waals surface area contributed by atoms with Crippen LogP contribution in [0.15, 0.2) is 48.1 Å². The van der Waals surface area contributed by atoms with Crippen molar-refractivity contribution >= 4 is 46.8 Å². The minimum absolute atomic E-state index is 0.0242. The number of hydrogen-bond donors (Lipinski definition) is 3. The molecule has 4 heterocycles. The van der Waals surface area contributed by atoms with Gasteiger partial charge in [-0.15, -0.1) is 0 Å². The number of aliphatic hydroxyl groups excluding tert-OH is 2. The maximum Gasteiger partial charge on any atom is 0.508 e. The van der Waals surface area contributed by atoms with E-state index in [2.05, 4.69) is 23.7 Å². The summed E-state index contributed by atoms with van der Waals surface area (Å²) in [5, 5.41) is 34.7. The smallest absolute Gasteiger partial charge is 0.507 e. The summed E-state index contributed by atoms with van der Waals surface area (Å²) < 4.78 is 51.4. The first kappa shape index (κ1) is 47.4. The highest BCUT2D eigenvalue weighted by atomic mass is 16.8. The average Bonchev–Trinajstić information content (AvgIpc) is 3.49. The molecule has 7 aliphatic rings. The van der Waals surface area contributed by atoms with Crippen molar-refractivity contribution in [1.29, 1.82) is 0 Å². The van der Waals surface area contributed by atoms with Crippen LogP contribution in [0.1, 0.15) is 54.9 Å². The number of phenolic OH excluding ortho intramolecular Hbond substituents is 1. The van der Waals surface area contributed by atoms with Crippen molar-refractivity contribution in [3.8, 4) is 35.2 Å². The van der Waals surface area contributed by atoms with Gasteiger partial charge in [-0.25, -0.2) is 14.4 Å². The van der Waals surface area contributed by atoms with Crippen LogP contribution in [0.5, 0.6) is 11.5 Å². The van der Waals surface area contributed by atoms with Gasteiger partial charge >= 0.3 is 24.2 Å². The lowest BCUT2D eigenvalue weighted by molar-refractivity contribution is -0.293. The number of nitrogens with zero attached hydrogens (tertiary/aromatic N) is 2. The number of methoxy groups -OCH3 is 1. The SMILES string of the molecule is COc1cc(C)c2ccc(O)c(C(=O)O[C@@H]3C=C4C#C[C@]5(C6COC(=O)O6)O[C@@H]5C#CCC4[C@H]3O[C@H]3O[C@H](C)[C@H](O)[C@H](O)C3N(C)C(=O)OCOC(=O)C3CCC(CN4C(=O)C=CC4=O)CC3)c2c1. The van der Waals surface area contributed by atoms with Gasteiger partial charge in [0.25, 0.3) is 11.8 Å². The van der Waals surface area contributed by atoms with Gasteiger partial charge in [0, 0.05) is 49.0 Å². The van der Waals surface area contributed by atoms with E-state index in [1.807, 2.05) is 6.92 Å².